The average molecular weight is 455 g/mol. The SMILES string of the molecule is C#CCN1CCC(C(C)Nc2ncc(C#N)c(C3CNc4ncc(C(F)(F)F)cc43)n2)CC1. The Bertz CT molecular complexity index is 1090. The second-order valence-corrected chi connectivity index (χ2v) is 8.45. The molecule has 2 unspecified atom stereocenters. The van der Waals surface area contributed by atoms with E-state index in [-0.39, 0.29) is 11.6 Å². The highest BCUT2D eigenvalue weighted by molar-refractivity contribution is 5.58. The van der Waals surface area contributed by atoms with Crippen LogP contribution in [0.15, 0.2) is 18.5 Å². The summed E-state index contributed by atoms with van der Waals surface area (Å²) < 4.78 is 39.7. The highest BCUT2D eigenvalue weighted by atomic mass is 19.4. The second-order valence-electron chi connectivity index (χ2n) is 8.45. The van der Waals surface area contributed by atoms with E-state index in [4.69, 9.17) is 6.42 Å². The van der Waals surface area contributed by atoms with Gasteiger partial charge < -0.3 is 10.6 Å². The van der Waals surface area contributed by atoms with Crippen molar-refractivity contribution in [3.63, 3.8) is 0 Å². The third-order valence-corrected chi connectivity index (χ3v) is 6.37. The molecule has 2 aliphatic rings. The average Bonchev–Trinajstić information content (AvgIpc) is 3.22. The van der Waals surface area contributed by atoms with Gasteiger partial charge in [0.15, 0.2) is 0 Å². The van der Waals surface area contributed by atoms with Crippen molar-refractivity contribution in [2.24, 2.45) is 5.92 Å². The molecular formula is C23H24F3N7. The van der Waals surface area contributed by atoms with Crippen LogP contribution in [0.5, 0.6) is 0 Å². The zero-order valence-corrected chi connectivity index (χ0v) is 18.2. The van der Waals surface area contributed by atoms with Crippen LogP contribution in [-0.4, -0.2) is 52.1 Å². The van der Waals surface area contributed by atoms with Gasteiger partial charge in [0.1, 0.15) is 11.9 Å². The van der Waals surface area contributed by atoms with E-state index in [1.54, 1.807) is 0 Å². The van der Waals surface area contributed by atoms with E-state index in [0.29, 0.717) is 42.0 Å². The molecule has 0 radical (unpaired) electrons. The first kappa shape index (κ1) is 22.8. The third-order valence-electron chi connectivity index (χ3n) is 6.37. The van der Waals surface area contributed by atoms with E-state index in [0.717, 1.165) is 38.2 Å². The first-order valence-corrected chi connectivity index (χ1v) is 10.8. The number of nitriles is 1. The van der Waals surface area contributed by atoms with Crippen molar-refractivity contribution in [3.05, 3.63) is 40.8 Å². The lowest BCUT2D eigenvalue weighted by Crippen LogP contribution is -2.39. The topological polar surface area (TPSA) is 89.8 Å². The van der Waals surface area contributed by atoms with E-state index >= 15 is 0 Å². The van der Waals surface area contributed by atoms with Gasteiger partial charge in [0.25, 0.3) is 0 Å². The van der Waals surface area contributed by atoms with Crippen molar-refractivity contribution in [1.29, 1.82) is 5.26 Å². The molecule has 4 rings (SSSR count). The van der Waals surface area contributed by atoms with Gasteiger partial charge in [-0.15, -0.1) is 6.42 Å². The Balaban J connectivity index is 1.55. The summed E-state index contributed by atoms with van der Waals surface area (Å²) in [4.78, 5) is 15.0. The van der Waals surface area contributed by atoms with Crippen molar-refractivity contribution in [1.82, 2.24) is 19.9 Å². The number of likely N-dealkylation sites (tertiary alicyclic amines) is 1. The van der Waals surface area contributed by atoms with Crippen LogP contribution in [0.3, 0.4) is 0 Å². The largest absolute Gasteiger partial charge is 0.417 e. The number of fused-ring (bicyclic) bond motifs is 1. The van der Waals surface area contributed by atoms with Crippen molar-refractivity contribution in [2.45, 2.75) is 37.9 Å². The molecule has 0 aliphatic carbocycles. The fourth-order valence-electron chi connectivity index (χ4n) is 4.48. The minimum atomic E-state index is -4.50. The minimum absolute atomic E-state index is 0.0891. The van der Waals surface area contributed by atoms with Crippen molar-refractivity contribution < 1.29 is 13.2 Å². The Labute approximate surface area is 190 Å². The Hall–Kier alpha value is -3.37. The number of hydrogen-bond donors (Lipinski definition) is 2. The van der Waals surface area contributed by atoms with Crippen LogP contribution >= 0.6 is 0 Å². The first-order valence-electron chi connectivity index (χ1n) is 10.8. The Morgan fingerprint density at radius 2 is 2.06 bits per heavy atom. The van der Waals surface area contributed by atoms with Gasteiger partial charge >= 0.3 is 6.18 Å². The molecule has 1 saturated heterocycles. The number of hydrogen-bond acceptors (Lipinski definition) is 7. The summed E-state index contributed by atoms with van der Waals surface area (Å²) in [5.41, 5.74) is 0.164. The summed E-state index contributed by atoms with van der Waals surface area (Å²) in [5, 5.41) is 15.9. The van der Waals surface area contributed by atoms with Gasteiger partial charge in [-0.3, -0.25) is 4.90 Å². The molecule has 172 valence electrons. The summed E-state index contributed by atoms with van der Waals surface area (Å²) in [6.45, 7) is 4.88. The minimum Gasteiger partial charge on any atom is -0.369 e. The number of nitrogens with zero attached hydrogens (tertiary/aromatic N) is 5. The molecule has 7 nitrogen and oxygen atoms in total. The van der Waals surface area contributed by atoms with Crippen LogP contribution in [0.1, 0.15) is 48.1 Å². The lowest BCUT2D eigenvalue weighted by atomic mass is 9.90. The lowest BCUT2D eigenvalue weighted by molar-refractivity contribution is -0.137. The van der Waals surface area contributed by atoms with Crippen molar-refractivity contribution in [2.75, 3.05) is 36.8 Å². The van der Waals surface area contributed by atoms with E-state index < -0.39 is 17.7 Å². The summed E-state index contributed by atoms with van der Waals surface area (Å²) in [5.74, 6) is 3.28. The fraction of sp³-hybridized carbons (Fsp3) is 0.478. The van der Waals surface area contributed by atoms with Crippen LogP contribution in [0.2, 0.25) is 0 Å². The zero-order chi connectivity index (χ0) is 23.6. The van der Waals surface area contributed by atoms with Crippen LogP contribution in [-0.2, 0) is 6.18 Å². The molecule has 0 spiro atoms. The van der Waals surface area contributed by atoms with Gasteiger partial charge in [-0.1, -0.05) is 5.92 Å². The number of pyridine rings is 1. The summed E-state index contributed by atoms with van der Waals surface area (Å²) in [7, 11) is 0. The maximum atomic E-state index is 13.2. The molecule has 2 aliphatic heterocycles. The Kier molecular flexibility index (Phi) is 6.39. The quantitative estimate of drug-likeness (QED) is 0.668. The highest BCUT2D eigenvalue weighted by Crippen LogP contribution is 2.39. The Morgan fingerprint density at radius 3 is 2.73 bits per heavy atom. The van der Waals surface area contributed by atoms with Gasteiger partial charge in [-0.2, -0.15) is 18.4 Å². The lowest BCUT2D eigenvalue weighted by Gasteiger charge is -2.34. The smallest absolute Gasteiger partial charge is 0.369 e. The molecule has 2 aromatic heterocycles. The number of piperidine rings is 1. The van der Waals surface area contributed by atoms with Crippen LogP contribution in [0.25, 0.3) is 0 Å². The number of alkyl halides is 3. The van der Waals surface area contributed by atoms with Gasteiger partial charge in [0.05, 0.1) is 29.6 Å². The van der Waals surface area contributed by atoms with E-state index in [1.165, 1.54) is 6.20 Å². The molecule has 2 atom stereocenters. The predicted molar refractivity (Wildman–Crippen MR) is 117 cm³/mol. The molecule has 0 amide bonds. The van der Waals surface area contributed by atoms with E-state index in [9.17, 15) is 18.4 Å². The predicted octanol–water partition coefficient (Wildman–Crippen LogP) is 3.47. The Morgan fingerprint density at radius 1 is 1.30 bits per heavy atom. The summed E-state index contributed by atoms with van der Waals surface area (Å²) in [6, 6.07) is 3.23. The van der Waals surface area contributed by atoms with Crippen molar-refractivity contribution >= 4 is 11.8 Å². The molecule has 0 aromatic carbocycles. The van der Waals surface area contributed by atoms with Crippen LogP contribution in [0, 0.1) is 29.6 Å². The van der Waals surface area contributed by atoms with Gasteiger partial charge in [-0.05, 0) is 44.8 Å². The maximum absolute atomic E-state index is 13.2. The number of anilines is 2. The van der Waals surface area contributed by atoms with Gasteiger partial charge in [-0.25, -0.2) is 15.0 Å². The second kappa shape index (κ2) is 9.24. The number of halogens is 3. The molecule has 2 N–H and O–H groups in total. The molecule has 2 aromatic rings. The number of terminal acetylenes is 1. The maximum Gasteiger partial charge on any atom is 0.417 e. The molecule has 33 heavy (non-hydrogen) atoms. The fourth-order valence-corrected chi connectivity index (χ4v) is 4.48. The van der Waals surface area contributed by atoms with Crippen LogP contribution in [0.4, 0.5) is 24.9 Å². The van der Waals surface area contributed by atoms with Crippen molar-refractivity contribution in [3.8, 4) is 18.4 Å². The van der Waals surface area contributed by atoms with E-state index in [1.807, 2.05) is 0 Å². The first-order chi connectivity index (χ1) is 15.8. The molecule has 0 bridgehead atoms. The number of rotatable bonds is 5. The summed E-state index contributed by atoms with van der Waals surface area (Å²) in [6.07, 6.45) is 5.11. The standard InChI is InChI=1S/C23H24F3N7/c1-3-6-33-7-4-15(5-8-33)14(2)31-22-30-11-16(10-27)20(32-22)19-13-29-21-18(19)9-17(12-28-21)23(24,25)26/h1,9,11-12,14-15,19H,4-8,13H2,2H3,(H,28,29)(H,30,31,32). The number of aromatic nitrogens is 3. The number of nitrogens with one attached hydrogen (secondary N) is 2. The molecule has 0 saturated carbocycles. The van der Waals surface area contributed by atoms with Crippen LogP contribution < -0.4 is 10.6 Å². The van der Waals surface area contributed by atoms with Gasteiger partial charge in [0, 0.05) is 30.3 Å². The molecule has 4 heterocycles. The highest BCUT2D eigenvalue weighted by Gasteiger charge is 2.36. The third kappa shape index (κ3) is 4.86. The normalized spacial score (nSPS) is 19.8. The van der Waals surface area contributed by atoms with Gasteiger partial charge in [0.2, 0.25) is 5.95 Å². The molecule has 1 fully saturated rings. The van der Waals surface area contributed by atoms with E-state index in [2.05, 4.69) is 49.4 Å². The zero-order valence-electron chi connectivity index (χ0n) is 18.2. The monoisotopic (exact) mass is 455 g/mol. The molecule has 10 heteroatoms. The molecular weight excluding hydrogens is 431 g/mol. The summed E-state index contributed by atoms with van der Waals surface area (Å²) >= 11 is 0.